The molecule has 0 bridgehead atoms. The zero-order valence-corrected chi connectivity index (χ0v) is 12.0. The lowest BCUT2D eigenvalue weighted by atomic mass is 9.89. The highest BCUT2D eigenvalue weighted by molar-refractivity contribution is 5.95. The van der Waals surface area contributed by atoms with Gasteiger partial charge in [-0.15, -0.1) is 0 Å². The molecule has 2 saturated heterocycles. The quantitative estimate of drug-likeness (QED) is 0.879. The van der Waals surface area contributed by atoms with Gasteiger partial charge in [-0.1, -0.05) is 0 Å². The first-order valence-corrected chi connectivity index (χ1v) is 7.41. The number of nitrogens with zero attached hydrogens (tertiary/aromatic N) is 2. The van der Waals surface area contributed by atoms with Crippen molar-refractivity contribution in [2.75, 3.05) is 36.4 Å². The first kappa shape index (κ1) is 13.4. The van der Waals surface area contributed by atoms with Crippen molar-refractivity contribution in [2.24, 2.45) is 5.41 Å². The summed E-state index contributed by atoms with van der Waals surface area (Å²) >= 11 is 0. The molecule has 3 heterocycles. The number of anilines is 2. The Hall–Kier alpha value is -1.62. The van der Waals surface area contributed by atoms with Gasteiger partial charge in [0.1, 0.15) is 5.82 Å². The van der Waals surface area contributed by atoms with Crippen molar-refractivity contribution in [2.45, 2.75) is 26.2 Å². The van der Waals surface area contributed by atoms with Crippen LogP contribution in [0.5, 0.6) is 0 Å². The van der Waals surface area contributed by atoms with Gasteiger partial charge >= 0.3 is 0 Å². The molecule has 1 amide bonds. The van der Waals surface area contributed by atoms with Crippen LogP contribution in [-0.4, -0.2) is 37.1 Å². The van der Waals surface area contributed by atoms with Crippen molar-refractivity contribution in [1.29, 1.82) is 0 Å². The molecule has 2 fully saturated rings. The minimum absolute atomic E-state index is 0.0817. The second-order valence-corrected chi connectivity index (χ2v) is 6.04. The Morgan fingerprint density at radius 3 is 2.80 bits per heavy atom. The van der Waals surface area contributed by atoms with Crippen LogP contribution in [0, 0.1) is 5.41 Å². The molecule has 2 N–H and O–H groups in total. The van der Waals surface area contributed by atoms with Crippen LogP contribution in [0.4, 0.5) is 11.5 Å². The average molecular weight is 274 g/mol. The molecule has 0 saturated carbocycles. The molecule has 1 aromatic heterocycles. The Balaban J connectivity index is 1.64. The van der Waals surface area contributed by atoms with Gasteiger partial charge in [-0.2, -0.15) is 0 Å². The lowest BCUT2D eigenvalue weighted by molar-refractivity contribution is -0.123. The summed E-state index contributed by atoms with van der Waals surface area (Å²) in [6.07, 6.45) is 5.13. The van der Waals surface area contributed by atoms with Gasteiger partial charge in [0.2, 0.25) is 5.91 Å². The molecule has 3 rings (SSSR count). The standard InChI is InChI=1S/C15H22N4O/c1-15(6-7-16-11-15)14(20)18-12-4-5-13(17-10-12)19-8-2-3-9-19/h4-5,10,16H,2-3,6-9,11H2,1H3,(H,18,20). The Kier molecular flexibility index (Phi) is 3.61. The second-order valence-electron chi connectivity index (χ2n) is 6.04. The van der Waals surface area contributed by atoms with Gasteiger partial charge in [0.15, 0.2) is 0 Å². The smallest absolute Gasteiger partial charge is 0.231 e. The molecule has 0 radical (unpaired) electrons. The third kappa shape index (κ3) is 2.63. The molecule has 0 spiro atoms. The van der Waals surface area contributed by atoms with E-state index in [9.17, 15) is 4.79 Å². The first-order valence-electron chi connectivity index (χ1n) is 7.41. The van der Waals surface area contributed by atoms with E-state index in [0.29, 0.717) is 0 Å². The predicted octanol–water partition coefficient (Wildman–Crippen LogP) is 1.62. The van der Waals surface area contributed by atoms with Crippen LogP contribution in [0.3, 0.4) is 0 Å². The maximum absolute atomic E-state index is 12.3. The van der Waals surface area contributed by atoms with Gasteiger partial charge in [0.05, 0.1) is 17.3 Å². The van der Waals surface area contributed by atoms with Gasteiger partial charge in [0, 0.05) is 19.6 Å². The number of amides is 1. The van der Waals surface area contributed by atoms with E-state index >= 15 is 0 Å². The van der Waals surface area contributed by atoms with E-state index in [-0.39, 0.29) is 11.3 Å². The molecule has 1 aromatic rings. The fourth-order valence-corrected chi connectivity index (χ4v) is 2.89. The Morgan fingerprint density at radius 2 is 2.20 bits per heavy atom. The molecule has 108 valence electrons. The molecule has 1 unspecified atom stereocenters. The highest BCUT2D eigenvalue weighted by Crippen LogP contribution is 2.26. The minimum Gasteiger partial charge on any atom is -0.357 e. The maximum atomic E-state index is 12.3. The number of nitrogens with one attached hydrogen (secondary N) is 2. The van der Waals surface area contributed by atoms with Gasteiger partial charge in [-0.25, -0.2) is 4.98 Å². The van der Waals surface area contributed by atoms with Crippen LogP contribution < -0.4 is 15.5 Å². The molecule has 2 aliphatic heterocycles. The Bertz CT molecular complexity index is 473. The normalized spacial score (nSPS) is 25.9. The lowest BCUT2D eigenvalue weighted by Gasteiger charge is -2.22. The van der Waals surface area contributed by atoms with Crippen molar-refractivity contribution >= 4 is 17.4 Å². The van der Waals surface area contributed by atoms with Crippen LogP contribution in [-0.2, 0) is 4.79 Å². The average Bonchev–Trinajstić information content (AvgIpc) is 3.11. The van der Waals surface area contributed by atoms with Crippen LogP contribution in [0.25, 0.3) is 0 Å². The number of aromatic nitrogens is 1. The summed E-state index contributed by atoms with van der Waals surface area (Å²) in [6, 6.07) is 3.94. The summed E-state index contributed by atoms with van der Waals surface area (Å²) in [5.41, 5.74) is 0.485. The van der Waals surface area contributed by atoms with E-state index in [4.69, 9.17) is 0 Å². The minimum atomic E-state index is -0.298. The van der Waals surface area contributed by atoms with Crippen molar-refractivity contribution < 1.29 is 4.79 Å². The summed E-state index contributed by atoms with van der Waals surface area (Å²) in [7, 11) is 0. The van der Waals surface area contributed by atoms with Gasteiger partial charge in [-0.3, -0.25) is 4.79 Å². The van der Waals surface area contributed by atoms with Crippen molar-refractivity contribution in [3.63, 3.8) is 0 Å². The van der Waals surface area contributed by atoms with E-state index in [1.165, 1.54) is 12.8 Å². The summed E-state index contributed by atoms with van der Waals surface area (Å²) in [4.78, 5) is 19.0. The van der Waals surface area contributed by atoms with Gasteiger partial charge in [0.25, 0.3) is 0 Å². The molecule has 1 atom stereocenters. The molecule has 2 aliphatic rings. The fraction of sp³-hybridized carbons (Fsp3) is 0.600. The van der Waals surface area contributed by atoms with Crippen molar-refractivity contribution in [3.05, 3.63) is 18.3 Å². The van der Waals surface area contributed by atoms with Gasteiger partial charge < -0.3 is 15.5 Å². The molecular formula is C15H22N4O. The number of hydrogen-bond donors (Lipinski definition) is 2. The van der Waals surface area contributed by atoms with Gasteiger partial charge in [-0.05, 0) is 44.9 Å². The molecule has 5 nitrogen and oxygen atoms in total. The van der Waals surface area contributed by atoms with E-state index in [1.54, 1.807) is 6.20 Å². The fourth-order valence-electron chi connectivity index (χ4n) is 2.89. The molecule has 5 heteroatoms. The Morgan fingerprint density at radius 1 is 1.40 bits per heavy atom. The molecule has 0 aromatic carbocycles. The predicted molar refractivity (Wildman–Crippen MR) is 79.9 cm³/mol. The third-order valence-electron chi connectivity index (χ3n) is 4.35. The highest BCUT2D eigenvalue weighted by atomic mass is 16.2. The molecule has 0 aliphatic carbocycles. The summed E-state index contributed by atoms with van der Waals surface area (Å²) in [6.45, 7) is 5.84. The molecular weight excluding hydrogens is 252 g/mol. The number of hydrogen-bond acceptors (Lipinski definition) is 4. The lowest BCUT2D eigenvalue weighted by Crippen LogP contribution is -2.35. The second kappa shape index (κ2) is 5.40. The van der Waals surface area contributed by atoms with Crippen molar-refractivity contribution in [1.82, 2.24) is 10.3 Å². The molecule has 20 heavy (non-hydrogen) atoms. The summed E-state index contributed by atoms with van der Waals surface area (Å²) < 4.78 is 0. The highest BCUT2D eigenvalue weighted by Gasteiger charge is 2.36. The van der Waals surface area contributed by atoms with Crippen LogP contribution in [0.2, 0.25) is 0 Å². The monoisotopic (exact) mass is 274 g/mol. The van der Waals surface area contributed by atoms with Crippen LogP contribution >= 0.6 is 0 Å². The van der Waals surface area contributed by atoms with E-state index in [0.717, 1.165) is 44.1 Å². The number of carbonyl (C=O) groups is 1. The number of pyridine rings is 1. The van der Waals surface area contributed by atoms with E-state index < -0.39 is 0 Å². The largest absolute Gasteiger partial charge is 0.357 e. The van der Waals surface area contributed by atoms with Crippen LogP contribution in [0.15, 0.2) is 18.3 Å². The topological polar surface area (TPSA) is 57.3 Å². The van der Waals surface area contributed by atoms with Crippen molar-refractivity contribution in [3.8, 4) is 0 Å². The SMILES string of the molecule is CC1(C(=O)Nc2ccc(N3CCCC3)nc2)CCNC1. The first-order chi connectivity index (χ1) is 9.67. The zero-order valence-electron chi connectivity index (χ0n) is 12.0. The summed E-state index contributed by atoms with van der Waals surface area (Å²) in [5.74, 6) is 1.09. The maximum Gasteiger partial charge on any atom is 0.231 e. The number of carbonyl (C=O) groups excluding carboxylic acids is 1. The van der Waals surface area contributed by atoms with E-state index in [2.05, 4.69) is 20.5 Å². The summed E-state index contributed by atoms with van der Waals surface area (Å²) in [5, 5.41) is 6.22. The zero-order chi connectivity index (χ0) is 14.0. The van der Waals surface area contributed by atoms with E-state index in [1.807, 2.05) is 19.1 Å². The number of rotatable bonds is 3. The Labute approximate surface area is 119 Å². The third-order valence-corrected chi connectivity index (χ3v) is 4.35. The van der Waals surface area contributed by atoms with Crippen LogP contribution in [0.1, 0.15) is 26.2 Å².